The van der Waals surface area contributed by atoms with Gasteiger partial charge in [0.1, 0.15) is 0 Å². The van der Waals surface area contributed by atoms with Crippen LogP contribution in [0.25, 0.3) is 10.4 Å². The maximum atomic E-state index is 11.7. The summed E-state index contributed by atoms with van der Waals surface area (Å²) in [6.45, 7) is 0. The highest BCUT2D eigenvalue weighted by Gasteiger charge is 2.11. The van der Waals surface area contributed by atoms with Gasteiger partial charge in [-0.25, -0.2) is 0 Å². The van der Waals surface area contributed by atoms with Crippen LogP contribution in [0.1, 0.15) is 9.67 Å². The molecule has 0 atom stereocenters. The lowest BCUT2D eigenvalue weighted by Gasteiger charge is -2.03. The van der Waals surface area contributed by atoms with Crippen LogP contribution in [0, 0.1) is 0 Å². The lowest BCUT2D eigenvalue weighted by molar-refractivity contribution is 0.101. The van der Waals surface area contributed by atoms with Crippen molar-refractivity contribution in [1.29, 1.82) is 0 Å². The van der Waals surface area contributed by atoms with E-state index < -0.39 is 5.91 Å². The first kappa shape index (κ1) is 13.6. The van der Waals surface area contributed by atoms with E-state index in [9.17, 15) is 4.79 Å². The highest BCUT2D eigenvalue weighted by Crippen LogP contribution is 2.34. The zero-order valence-electron chi connectivity index (χ0n) is 10.3. The number of carbonyl (C=O) groups excluding carboxylic acids is 1. The van der Waals surface area contributed by atoms with Gasteiger partial charge >= 0.3 is 0 Å². The number of benzene rings is 1. The Morgan fingerprint density at radius 3 is 2.63 bits per heavy atom. The number of hydrogen-bond acceptors (Lipinski definition) is 3. The molecule has 0 aliphatic heterocycles. The summed E-state index contributed by atoms with van der Waals surface area (Å²) < 4.78 is 0. The average molecular weight is 291 g/mol. The number of hydrogen-bond donors (Lipinski definition) is 2. The van der Waals surface area contributed by atoms with Gasteiger partial charge in [-0.15, -0.1) is 23.1 Å². The molecule has 0 fully saturated rings. The fourth-order valence-corrected chi connectivity index (χ4v) is 3.23. The number of aliphatic imine (C=N–C) groups is 1. The Labute approximate surface area is 119 Å². The number of nitrogens with zero attached hydrogens (tertiary/aromatic N) is 1. The standard InChI is InChI=1S/C13H13N3OS2/c1-18-9-5-3-2-4-8(9)10-6-7-11(19-10)12(17)16-13(14)15/h2-7H,1H3,(H4,14,15,16,17). The smallest absolute Gasteiger partial charge is 0.290 e. The van der Waals surface area contributed by atoms with Crippen LogP contribution >= 0.6 is 23.1 Å². The van der Waals surface area contributed by atoms with Gasteiger partial charge < -0.3 is 11.5 Å². The fourth-order valence-electron chi connectivity index (χ4n) is 1.62. The number of thioether (sulfide) groups is 1. The van der Waals surface area contributed by atoms with E-state index in [0.717, 1.165) is 10.4 Å². The molecule has 0 saturated heterocycles. The average Bonchev–Trinajstić information content (AvgIpc) is 2.87. The van der Waals surface area contributed by atoms with Crippen molar-refractivity contribution in [2.75, 3.05) is 6.26 Å². The predicted molar refractivity (Wildman–Crippen MR) is 81.7 cm³/mol. The van der Waals surface area contributed by atoms with Crippen LogP contribution in [-0.2, 0) is 0 Å². The Morgan fingerprint density at radius 2 is 1.95 bits per heavy atom. The van der Waals surface area contributed by atoms with Crippen LogP contribution in [0.3, 0.4) is 0 Å². The molecule has 4 nitrogen and oxygen atoms in total. The SMILES string of the molecule is CSc1ccccc1-c1ccc(C(=O)N=C(N)N)s1. The predicted octanol–water partition coefficient (Wildman–Crippen LogP) is 2.55. The number of amides is 1. The summed E-state index contributed by atoms with van der Waals surface area (Å²) in [5.41, 5.74) is 11.5. The normalized spacial score (nSPS) is 10.2. The molecule has 2 aromatic rings. The summed E-state index contributed by atoms with van der Waals surface area (Å²) in [4.78, 5) is 18.0. The zero-order chi connectivity index (χ0) is 13.8. The number of thiophene rings is 1. The molecule has 2 rings (SSSR count). The molecule has 0 bridgehead atoms. The quantitative estimate of drug-likeness (QED) is 0.517. The Bertz CT molecular complexity index is 630. The summed E-state index contributed by atoms with van der Waals surface area (Å²) in [5, 5.41) is 0. The minimum atomic E-state index is -0.405. The first-order valence-electron chi connectivity index (χ1n) is 5.49. The monoisotopic (exact) mass is 291 g/mol. The number of rotatable bonds is 3. The lowest BCUT2D eigenvalue weighted by atomic mass is 10.2. The first-order chi connectivity index (χ1) is 9.11. The van der Waals surface area contributed by atoms with Gasteiger partial charge in [0.2, 0.25) is 0 Å². The molecular weight excluding hydrogens is 278 g/mol. The van der Waals surface area contributed by atoms with Crippen LogP contribution in [0.4, 0.5) is 0 Å². The van der Waals surface area contributed by atoms with Crippen molar-refractivity contribution in [1.82, 2.24) is 0 Å². The summed E-state index contributed by atoms with van der Waals surface area (Å²) in [6, 6.07) is 11.7. The van der Waals surface area contributed by atoms with Crippen molar-refractivity contribution < 1.29 is 4.79 Å². The van der Waals surface area contributed by atoms with Gasteiger partial charge in [0.25, 0.3) is 5.91 Å². The summed E-state index contributed by atoms with van der Waals surface area (Å²) in [5.74, 6) is -0.623. The van der Waals surface area contributed by atoms with Gasteiger partial charge in [0.15, 0.2) is 5.96 Å². The van der Waals surface area contributed by atoms with E-state index in [0.29, 0.717) is 4.88 Å². The Balaban J connectivity index is 2.36. The Morgan fingerprint density at radius 1 is 1.21 bits per heavy atom. The molecular formula is C13H13N3OS2. The van der Waals surface area contributed by atoms with E-state index in [1.165, 1.54) is 16.2 Å². The number of nitrogens with two attached hydrogens (primary N) is 2. The molecule has 0 aliphatic carbocycles. The molecule has 19 heavy (non-hydrogen) atoms. The molecule has 0 spiro atoms. The van der Waals surface area contributed by atoms with Crippen LogP contribution in [0.5, 0.6) is 0 Å². The van der Waals surface area contributed by atoms with Gasteiger partial charge in [-0.3, -0.25) is 4.79 Å². The number of carbonyl (C=O) groups is 1. The summed E-state index contributed by atoms with van der Waals surface area (Å²) in [7, 11) is 0. The van der Waals surface area contributed by atoms with Crippen molar-refractivity contribution in [3.05, 3.63) is 41.3 Å². The van der Waals surface area contributed by atoms with E-state index in [4.69, 9.17) is 11.5 Å². The molecule has 1 aromatic heterocycles. The fraction of sp³-hybridized carbons (Fsp3) is 0.0769. The zero-order valence-corrected chi connectivity index (χ0v) is 11.9. The molecule has 1 aromatic carbocycles. The van der Waals surface area contributed by atoms with Crippen LogP contribution in [-0.4, -0.2) is 18.1 Å². The molecule has 0 aliphatic rings. The minimum absolute atomic E-state index is 0.218. The van der Waals surface area contributed by atoms with E-state index in [-0.39, 0.29) is 5.96 Å². The van der Waals surface area contributed by atoms with Gasteiger partial charge in [-0.2, -0.15) is 4.99 Å². The maximum absolute atomic E-state index is 11.7. The van der Waals surface area contributed by atoms with Gasteiger partial charge in [0, 0.05) is 15.3 Å². The molecule has 4 N–H and O–H groups in total. The molecule has 1 heterocycles. The molecule has 98 valence electrons. The minimum Gasteiger partial charge on any atom is -0.370 e. The molecule has 6 heteroatoms. The molecule has 0 saturated carbocycles. The summed E-state index contributed by atoms with van der Waals surface area (Å²) in [6.07, 6.45) is 2.03. The van der Waals surface area contributed by atoms with Crippen molar-refractivity contribution >= 4 is 35.0 Å². The van der Waals surface area contributed by atoms with Crippen LogP contribution < -0.4 is 11.5 Å². The van der Waals surface area contributed by atoms with E-state index in [2.05, 4.69) is 11.1 Å². The first-order valence-corrected chi connectivity index (χ1v) is 7.53. The van der Waals surface area contributed by atoms with Crippen molar-refractivity contribution in [2.45, 2.75) is 4.90 Å². The third kappa shape index (κ3) is 3.15. The van der Waals surface area contributed by atoms with Crippen molar-refractivity contribution in [3.8, 4) is 10.4 Å². The summed E-state index contributed by atoms with van der Waals surface area (Å²) >= 11 is 3.06. The van der Waals surface area contributed by atoms with E-state index in [1.54, 1.807) is 17.8 Å². The molecule has 1 amide bonds. The van der Waals surface area contributed by atoms with Gasteiger partial charge in [-0.1, -0.05) is 18.2 Å². The van der Waals surface area contributed by atoms with Gasteiger partial charge in [-0.05, 0) is 24.5 Å². The molecule has 0 radical (unpaired) electrons. The van der Waals surface area contributed by atoms with Gasteiger partial charge in [0.05, 0.1) is 4.88 Å². The third-order valence-corrected chi connectivity index (χ3v) is 4.32. The largest absolute Gasteiger partial charge is 0.370 e. The highest BCUT2D eigenvalue weighted by atomic mass is 32.2. The Kier molecular flexibility index (Phi) is 4.24. The topological polar surface area (TPSA) is 81.5 Å². The van der Waals surface area contributed by atoms with E-state index in [1.807, 2.05) is 30.5 Å². The lowest BCUT2D eigenvalue weighted by Crippen LogP contribution is -2.24. The van der Waals surface area contributed by atoms with Crippen molar-refractivity contribution in [2.24, 2.45) is 16.5 Å². The number of guanidine groups is 1. The molecule has 0 unspecified atom stereocenters. The van der Waals surface area contributed by atoms with E-state index >= 15 is 0 Å². The maximum Gasteiger partial charge on any atom is 0.290 e. The van der Waals surface area contributed by atoms with Crippen LogP contribution in [0.2, 0.25) is 0 Å². The second kappa shape index (κ2) is 5.90. The van der Waals surface area contributed by atoms with Crippen LogP contribution in [0.15, 0.2) is 46.3 Å². The highest BCUT2D eigenvalue weighted by molar-refractivity contribution is 7.98. The Hall–Kier alpha value is -1.79. The second-order valence-corrected chi connectivity index (χ2v) is 5.64. The third-order valence-electron chi connectivity index (χ3n) is 2.42. The second-order valence-electron chi connectivity index (χ2n) is 3.71. The van der Waals surface area contributed by atoms with Crippen molar-refractivity contribution in [3.63, 3.8) is 0 Å².